The average Bonchev–Trinajstić information content (AvgIpc) is 2.27. The van der Waals surface area contributed by atoms with Crippen molar-refractivity contribution in [3.63, 3.8) is 0 Å². The first-order chi connectivity index (χ1) is 8.69. The van der Waals surface area contributed by atoms with Crippen LogP contribution in [0, 0.1) is 5.92 Å². The highest BCUT2D eigenvalue weighted by Crippen LogP contribution is 2.31. The standard InChI is InChI=1S/C15H23NO2/c1-11(16)8-13-6-7-14(15(9-13)17-2)18-10-12-4-3-5-12/h6-7,9,11-12H,3-5,8,10,16H2,1-2H3. The molecule has 1 aromatic carbocycles. The first kappa shape index (κ1) is 13.2. The molecule has 1 aliphatic rings. The van der Waals surface area contributed by atoms with Crippen molar-refractivity contribution < 1.29 is 9.47 Å². The van der Waals surface area contributed by atoms with Crippen molar-refractivity contribution in [1.82, 2.24) is 0 Å². The van der Waals surface area contributed by atoms with Gasteiger partial charge in [-0.25, -0.2) is 0 Å². The Hall–Kier alpha value is -1.22. The Kier molecular flexibility index (Phi) is 4.48. The van der Waals surface area contributed by atoms with E-state index >= 15 is 0 Å². The Balaban J connectivity index is 1.99. The van der Waals surface area contributed by atoms with E-state index in [4.69, 9.17) is 15.2 Å². The van der Waals surface area contributed by atoms with Crippen molar-refractivity contribution in [2.75, 3.05) is 13.7 Å². The van der Waals surface area contributed by atoms with Gasteiger partial charge in [-0.3, -0.25) is 0 Å². The minimum atomic E-state index is 0.163. The Labute approximate surface area is 109 Å². The number of nitrogens with two attached hydrogens (primary N) is 1. The van der Waals surface area contributed by atoms with Gasteiger partial charge in [0.25, 0.3) is 0 Å². The Morgan fingerprint density at radius 2 is 2.11 bits per heavy atom. The summed E-state index contributed by atoms with van der Waals surface area (Å²) in [6.45, 7) is 2.82. The average molecular weight is 249 g/mol. The zero-order chi connectivity index (χ0) is 13.0. The fourth-order valence-electron chi connectivity index (χ4n) is 2.20. The molecule has 1 aliphatic carbocycles. The van der Waals surface area contributed by atoms with Gasteiger partial charge in [0.2, 0.25) is 0 Å². The molecule has 2 N–H and O–H groups in total. The lowest BCUT2D eigenvalue weighted by Gasteiger charge is -2.25. The second-order valence-corrected chi connectivity index (χ2v) is 5.27. The lowest BCUT2D eigenvalue weighted by Crippen LogP contribution is -2.19. The fraction of sp³-hybridized carbons (Fsp3) is 0.600. The molecule has 18 heavy (non-hydrogen) atoms. The monoisotopic (exact) mass is 249 g/mol. The zero-order valence-corrected chi connectivity index (χ0v) is 11.3. The second kappa shape index (κ2) is 6.10. The van der Waals surface area contributed by atoms with Crippen LogP contribution in [0.2, 0.25) is 0 Å². The molecule has 1 aromatic rings. The topological polar surface area (TPSA) is 44.5 Å². The summed E-state index contributed by atoms with van der Waals surface area (Å²) >= 11 is 0. The minimum absolute atomic E-state index is 0.163. The maximum absolute atomic E-state index is 5.84. The first-order valence-corrected chi connectivity index (χ1v) is 6.74. The van der Waals surface area contributed by atoms with Gasteiger partial charge in [0.05, 0.1) is 13.7 Å². The molecule has 2 rings (SSSR count). The van der Waals surface area contributed by atoms with Crippen LogP contribution in [0.1, 0.15) is 31.7 Å². The molecule has 0 heterocycles. The van der Waals surface area contributed by atoms with Gasteiger partial charge in [-0.15, -0.1) is 0 Å². The summed E-state index contributed by atoms with van der Waals surface area (Å²) in [6.07, 6.45) is 4.80. The smallest absolute Gasteiger partial charge is 0.161 e. The van der Waals surface area contributed by atoms with E-state index < -0.39 is 0 Å². The van der Waals surface area contributed by atoms with Crippen LogP contribution in [0.3, 0.4) is 0 Å². The van der Waals surface area contributed by atoms with Crippen molar-refractivity contribution in [2.24, 2.45) is 11.7 Å². The van der Waals surface area contributed by atoms with E-state index in [2.05, 4.69) is 6.07 Å². The van der Waals surface area contributed by atoms with Gasteiger partial charge in [-0.2, -0.15) is 0 Å². The number of rotatable bonds is 6. The molecule has 1 atom stereocenters. The number of hydrogen-bond donors (Lipinski definition) is 1. The molecular formula is C15H23NO2. The first-order valence-electron chi connectivity index (χ1n) is 6.74. The fourth-order valence-corrected chi connectivity index (χ4v) is 2.20. The Morgan fingerprint density at radius 1 is 1.33 bits per heavy atom. The van der Waals surface area contributed by atoms with Gasteiger partial charge in [0, 0.05) is 6.04 Å². The molecule has 3 nitrogen and oxygen atoms in total. The van der Waals surface area contributed by atoms with E-state index in [0.29, 0.717) is 0 Å². The largest absolute Gasteiger partial charge is 0.493 e. The Bertz CT molecular complexity index is 386. The van der Waals surface area contributed by atoms with Crippen LogP contribution in [0.15, 0.2) is 18.2 Å². The summed E-state index contributed by atoms with van der Waals surface area (Å²) in [6, 6.07) is 6.26. The van der Waals surface area contributed by atoms with E-state index in [0.717, 1.165) is 30.4 Å². The molecule has 3 heteroatoms. The molecule has 100 valence electrons. The molecule has 1 fully saturated rings. The molecule has 0 aliphatic heterocycles. The van der Waals surface area contributed by atoms with Gasteiger partial charge in [-0.05, 0) is 49.8 Å². The van der Waals surface area contributed by atoms with Crippen LogP contribution < -0.4 is 15.2 Å². The van der Waals surface area contributed by atoms with Crippen molar-refractivity contribution in [3.05, 3.63) is 23.8 Å². The summed E-state index contributed by atoms with van der Waals surface area (Å²) in [5.41, 5.74) is 7.00. The molecule has 0 amide bonds. The number of hydrogen-bond acceptors (Lipinski definition) is 3. The van der Waals surface area contributed by atoms with Crippen molar-refractivity contribution in [1.29, 1.82) is 0 Å². The molecule has 0 saturated heterocycles. The third-order valence-electron chi connectivity index (χ3n) is 3.48. The van der Waals surface area contributed by atoms with Crippen LogP contribution >= 0.6 is 0 Å². The van der Waals surface area contributed by atoms with Crippen molar-refractivity contribution in [2.45, 2.75) is 38.6 Å². The minimum Gasteiger partial charge on any atom is -0.493 e. The van der Waals surface area contributed by atoms with E-state index in [-0.39, 0.29) is 6.04 Å². The van der Waals surface area contributed by atoms with E-state index in [1.165, 1.54) is 24.8 Å². The van der Waals surface area contributed by atoms with E-state index in [9.17, 15) is 0 Å². The molecule has 1 saturated carbocycles. The zero-order valence-electron chi connectivity index (χ0n) is 11.3. The molecular weight excluding hydrogens is 226 g/mol. The summed E-state index contributed by atoms with van der Waals surface area (Å²) in [5, 5.41) is 0. The Morgan fingerprint density at radius 3 is 2.67 bits per heavy atom. The molecule has 1 unspecified atom stereocenters. The number of ether oxygens (including phenoxy) is 2. The van der Waals surface area contributed by atoms with Gasteiger partial charge in [-0.1, -0.05) is 12.5 Å². The molecule has 0 aromatic heterocycles. The van der Waals surface area contributed by atoms with Crippen LogP contribution in [0.4, 0.5) is 0 Å². The lowest BCUT2D eigenvalue weighted by atomic mass is 9.86. The summed E-state index contributed by atoms with van der Waals surface area (Å²) < 4.78 is 11.2. The van der Waals surface area contributed by atoms with Gasteiger partial charge >= 0.3 is 0 Å². The maximum atomic E-state index is 5.84. The summed E-state index contributed by atoms with van der Waals surface area (Å²) in [5.74, 6) is 2.39. The van der Waals surface area contributed by atoms with Gasteiger partial charge in [0.15, 0.2) is 11.5 Å². The third-order valence-corrected chi connectivity index (χ3v) is 3.48. The molecule has 0 spiro atoms. The van der Waals surface area contributed by atoms with Crippen molar-refractivity contribution >= 4 is 0 Å². The van der Waals surface area contributed by atoms with Crippen molar-refractivity contribution in [3.8, 4) is 11.5 Å². The van der Waals surface area contributed by atoms with Gasteiger partial charge < -0.3 is 15.2 Å². The second-order valence-electron chi connectivity index (χ2n) is 5.27. The summed E-state index contributed by atoms with van der Waals surface area (Å²) in [4.78, 5) is 0. The highest BCUT2D eigenvalue weighted by atomic mass is 16.5. The van der Waals surface area contributed by atoms with Crippen LogP contribution in [0.25, 0.3) is 0 Å². The van der Waals surface area contributed by atoms with E-state index in [1.54, 1.807) is 7.11 Å². The van der Waals surface area contributed by atoms with Crippen LogP contribution in [-0.4, -0.2) is 19.8 Å². The highest BCUT2D eigenvalue weighted by molar-refractivity contribution is 5.43. The molecule has 0 radical (unpaired) electrons. The predicted molar refractivity (Wildman–Crippen MR) is 73.2 cm³/mol. The SMILES string of the molecule is COc1cc(CC(C)N)ccc1OCC1CCC1. The maximum Gasteiger partial charge on any atom is 0.161 e. The normalized spacial score (nSPS) is 17.1. The molecule has 0 bridgehead atoms. The number of benzene rings is 1. The van der Waals surface area contributed by atoms with Gasteiger partial charge in [0.1, 0.15) is 0 Å². The predicted octanol–water partition coefficient (Wildman–Crippen LogP) is 2.76. The lowest BCUT2D eigenvalue weighted by molar-refractivity contribution is 0.176. The quantitative estimate of drug-likeness (QED) is 0.843. The third kappa shape index (κ3) is 3.39. The number of methoxy groups -OCH3 is 1. The summed E-state index contributed by atoms with van der Waals surface area (Å²) in [7, 11) is 1.68. The highest BCUT2D eigenvalue weighted by Gasteiger charge is 2.18. The van der Waals surface area contributed by atoms with E-state index in [1.807, 2.05) is 19.1 Å². The van der Waals surface area contributed by atoms with Crippen LogP contribution in [-0.2, 0) is 6.42 Å². The van der Waals surface area contributed by atoms with Crippen LogP contribution in [0.5, 0.6) is 11.5 Å².